The highest BCUT2D eigenvalue weighted by atomic mass is 32.2. The quantitative estimate of drug-likeness (QED) is 0.597. The predicted octanol–water partition coefficient (Wildman–Crippen LogP) is 2.65. The van der Waals surface area contributed by atoms with E-state index in [-0.39, 0.29) is 16.7 Å². The second kappa shape index (κ2) is 8.36. The van der Waals surface area contributed by atoms with Crippen molar-refractivity contribution in [2.75, 3.05) is 0 Å². The first-order valence-electron chi connectivity index (χ1n) is 8.15. The molecule has 1 fully saturated rings. The van der Waals surface area contributed by atoms with Gasteiger partial charge in [-0.05, 0) is 32.6 Å². The van der Waals surface area contributed by atoms with Crippen LogP contribution in [0.3, 0.4) is 0 Å². The highest BCUT2D eigenvalue weighted by Gasteiger charge is 2.22. The van der Waals surface area contributed by atoms with Crippen molar-refractivity contribution in [1.29, 1.82) is 0 Å². The Kier molecular flexibility index (Phi) is 6.49. The van der Waals surface area contributed by atoms with Crippen LogP contribution in [0.4, 0.5) is 0 Å². The van der Waals surface area contributed by atoms with Crippen LogP contribution in [-0.4, -0.2) is 27.2 Å². The lowest BCUT2D eigenvalue weighted by Crippen LogP contribution is -2.37. The van der Waals surface area contributed by atoms with Gasteiger partial charge in [0.1, 0.15) is 0 Å². The van der Waals surface area contributed by atoms with Gasteiger partial charge in [0, 0.05) is 17.8 Å². The zero-order valence-electron chi connectivity index (χ0n) is 13.4. The van der Waals surface area contributed by atoms with E-state index in [1.54, 1.807) is 6.07 Å². The van der Waals surface area contributed by atoms with Gasteiger partial charge in [0.25, 0.3) is 5.56 Å². The molecule has 1 amide bonds. The van der Waals surface area contributed by atoms with Crippen molar-refractivity contribution in [3.63, 3.8) is 0 Å². The zero-order chi connectivity index (χ0) is 15.9. The van der Waals surface area contributed by atoms with Gasteiger partial charge in [-0.3, -0.25) is 9.59 Å². The van der Waals surface area contributed by atoms with Crippen LogP contribution in [0.5, 0.6) is 0 Å². The summed E-state index contributed by atoms with van der Waals surface area (Å²) < 4.78 is 0. The third-order valence-electron chi connectivity index (χ3n) is 3.92. The first-order valence-corrected chi connectivity index (χ1v) is 9.03. The van der Waals surface area contributed by atoms with Crippen molar-refractivity contribution in [3.8, 4) is 0 Å². The zero-order valence-corrected chi connectivity index (χ0v) is 14.2. The molecule has 1 aromatic rings. The van der Waals surface area contributed by atoms with Gasteiger partial charge in [0.2, 0.25) is 5.91 Å². The van der Waals surface area contributed by atoms with Gasteiger partial charge in [0.05, 0.1) is 5.25 Å². The molecular weight excluding hydrogens is 298 g/mol. The van der Waals surface area contributed by atoms with Crippen molar-refractivity contribution in [1.82, 2.24) is 15.3 Å². The lowest BCUT2D eigenvalue weighted by atomic mass is 10.2. The molecule has 122 valence electrons. The van der Waals surface area contributed by atoms with E-state index in [1.165, 1.54) is 24.6 Å². The Balaban J connectivity index is 1.94. The molecule has 1 saturated carbocycles. The Labute approximate surface area is 135 Å². The van der Waals surface area contributed by atoms with Crippen LogP contribution in [0.25, 0.3) is 0 Å². The number of aromatic amines is 1. The molecule has 0 bridgehead atoms. The topological polar surface area (TPSA) is 74.8 Å². The van der Waals surface area contributed by atoms with E-state index in [9.17, 15) is 9.59 Å². The normalized spacial score (nSPS) is 16.6. The maximum absolute atomic E-state index is 12.2. The van der Waals surface area contributed by atoms with Crippen LogP contribution in [0.2, 0.25) is 0 Å². The number of hydrogen-bond donors (Lipinski definition) is 2. The van der Waals surface area contributed by atoms with Crippen LogP contribution in [0.15, 0.2) is 16.0 Å². The summed E-state index contributed by atoms with van der Waals surface area (Å²) >= 11 is 1.32. The fraction of sp³-hybridized carbons (Fsp3) is 0.688. The lowest BCUT2D eigenvalue weighted by Gasteiger charge is -2.16. The Hall–Kier alpha value is -1.30. The first kappa shape index (κ1) is 17.1. The Morgan fingerprint density at radius 3 is 2.91 bits per heavy atom. The highest BCUT2D eigenvalue weighted by Crippen LogP contribution is 2.21. The number of thioether (sulfide) groups is 1. The number of rotatable bonds is 7. The van der Waals surface area contributed by atoms with E-state index in [2.05, 4.69) is 22.2 Å². The number of hydrogen-bond acceptors (Lipinski definition) is 4. The minimum absolute atomic E-state index is 0.0264. The molecule has 1 atom stereocenters. The molecule has 0 saturated heterocycles. The van der Waals surface area contributed by atoms with Gasteiger partial charge in [-0.25, -0.2) is 4.98 Å². The molecule has 0 aliphatic heterocycles. The van der Waals surface area contributed by atoms with Crippen LogP contribution >= 0.6 is 11.8 Å². The maximum atomic E-state index is 12.2. The third-order valence-corrected chi connectivity index (χ3v) is 4.90. The average Bonchev–Trinajstić information content (AvgIpc) is 2.97. The molecule has 0 spiro atoms. The molecule has 1 aromatic heterocycles. The number of H-pyrrole nitrogens is 1. The van der Waals surface area contributed by atoms with Gasteiger partial charge < -0.3 is 10.3 Å². The molecular formula is C16H25N3O2S. The van der Waals surface area contributed by atoms with Crippen molar-refractivity contribution in [2.24, 2.45) is 0 Å². The van der Waals surface area contributed by atoms with E-state index in [1.807, 2.05) is 6.92 Å². The molecule has 5 nitrogen and oxygen atoms in total. The third kappa shape index (κ3) is 5.16. The van der Waals surface area contributed by atoms with E-state index < -0.39 is 0 Å². The van der Waals surface area contributed by atoms with Crippen LogP contribution < -0.4 is 10.9 Å². The van der Waals surface area contributed by atoms with E-state index in [0.717, 1.165) is 37.8 Å². The van der Waals surface area contributed by atoms with Gasteiger partial charge in [-0.2, -0.15) is 0 Å². The summed E-state index contributed by atoms with van der Waals surface area (Å²) in [5.41, 5.74) is 0.656. The summed E-state index contributed by atoms with van der Waals surface area (Å²) in [5.74, 6) is 0.0264. The summed E-state index contributed by atoms with van der Waals surface area (Å²) in [7, 11) is 0. The summed E-state index contributed by atoms with van der Waals surface area (Å²) in [6, 6.07) is 1.86. The second-order valence-electron chi connectivity index (χ2n) is 5.90. The smallest absolute Gasteiger partial charge is 0.251 e. The van der Waals surface area contributed by atoms with Crippen LogP contribution in [0, 0.1) is 0 Å². The van der Waals surface area contributed by atoms with Crippen molar-refractivity contribution >= 4 is 17.7 Å². The van der Waals surface area contributed by atoms with Gasteiger partial charge in [-0.15, -0.1) is 0 Å². The number of unbranched alkanes of at least 4 members (excludes halogenated alkanes) is 1. The standard InChI is InChI=1S/C16H25N3O2S/c1-3-4-7-13-10-14(20)19-16(18-13)22-11(2)15(21)17-12-8-5-6-9-12/h10-12H,3-9H2,1-2H3,(H,17,21)(H,18,19,20). The Bertz CT molecular complexity index is 553. The molecule has 0 radical (unpaired) electrons. The van der Waals surface area contributed by atoms with E-state index in [0.29, 0.717) is 11.2 Å². The molecule has 0 aromatic carbocycles. The predicted molar refractivity (Wildman–Crippen MR) is 89.2 cm³/mol. The number of carbonyl (C=O) groups excluding carboxylic acids is 1. The summed E-state index contributed by atoms with van der Waals surface area (Å²) in [5, 5.41) is 3.36. The fourth-order valence-electron chi connectivity index (χ4n) is 2.63. The number of nitrogens with one attached hydrogen (secondary N) is 2. The molecule has 1 aliphatic rings. The van der Waals surface area contributed by atoms with Gasteiger partial charge in [0.15, 0.2) is 5.16 Å². The van der Waals surface area contributed by atoms with Crippen LogP contribution in [0.1, 0.15) is 58.1 Å². The molecule has 1 heterocycles. The molecule has 1 unspecified atom stereocenters. The number of carbonyl (C=O) groups is 1. The van der Waals surface area contributed by atoms with Gasteiger partial charge in [-0.1, -0.05) is 37.9 Å². The minimum atomic E-state index is -0.259. The summed E-state index contributed by atoms with van der Waals surface area (Å²) in [6.45, 7) is 3.96. The highest BCUT2D eigenvalue weighted by molar-refractivity contribution is 8.00. The fourth-order valence-corrected chi connectivity index (χ4v) is 3.47. The minimum Gasteiger partial charge on any atom is -0.352 e. The number of aromatic nitrogens is 2. The van der Waals surface area contributed by atoms with Gasteiger partial charge >= 0.3 is 0 Å². The maximum Gasteiger partial charge on any atom is 0.251 e. The molecule has 2 rings (SSSR count). The van der Waals surface area contributed by atoms with Crippen molar-refractivity contribution < 1.29 is 4.79 Å². The molecule has 1 aliphatic carbocycles. The molecule has 2 N–H and O–H groups in total. The SMILES string of the molecule is CCCCc1cc(=O)[nH]c(SC(C)C(=O)NC2CCCC2)n1. The monoisotopic (exact) mass is 323 g/mol. The first-order chi connectivity index (χ1) is 10.6. The lowest BCUT2D eigenvalue weighted by molar-refractivity contribution is -0.120. The number of amides is 1. The molecule has 6 heteroatoms. The Morgan fingerprint density at radius 2 is 2.23 bits per heavy atom. The molecule has 22 heavy (non-hydrogen) atoms. The summed E-state index contributed by atoms with van der Waals surface area (Å²) in [4.78, 5) is 31.1. The largest absolute Gasteiger partial charge is 0.352 e. The van der Waals surface area contributed by atoms with Crippen molar-refractivity contribution in [3.05, 3.63) is 22.1 Å². The number of nitrogens with zero attached hydrogens (tertiary/aromatic N) is 1. The Morgan fingerprint density at radius 1 is 1.50 bits per heavy atom. The van der Waals surface area contributed by atoms with Crippen molar-refractivity contribution in [2.45, 2.75) is 75.2 Å². The average molecular weight is 323 g/mol. The number of aryl methyl sites for hydroxylation is 1. The van der Waals surface area contributed by atoms with E-state index in [4.69, 9.17) is 0 Å². The summed E-state index contributed by atoms with van der Waals surface area (Å²) in [6.07, 6.45) is 7.42. The van der Waals surface area contributed by atoms with E-state index >= 15 is 0 Å². The van der Waals surface area contributed by atoms with Crippen LogP contribution in [-0.2, 0) is 11.2 Å². The second-order valence-corrected chi connectivity index (χ2v) is 7.22.